The Kier molecular flexibility index (Phi) is 6.49. The fourth-order valence-corrected chi connectivity index (χ4v) is 4.89. The molecule has 28 heavy (non-hydrogen) atoms. The molecular formula is C21H27N3O3S. The Hall–Kier alpha value is -2.22. The van der Waals surface area contributed by atoms with Gasteiger partial charge < -0.3 is 4.90 Å². The van der Waals surface area contributed by atoms with E-state index in [9.17, 15) is 13.2 Å². The van der Waals surface area contributed by atoms with Crippen molar-refractivity contribution in [2.75, 3.05) is 26.2 Å². The van der Waals surface area contributed by atoms with Crippen LogP contribution >= 0.6 is 0 Å². The van der Waals surface area contributed by atoms with Crippen LogP contribution in [0.4, 0.5) is 0 Å². The second-order valence-corrected chi connectivity index (χ2v) is 9.00. The minimum atomic E-state index is -3.51. The normalized spacial score (nSPS) is 17.9. The number of nitrogens with one attached hydrogen (secondary N) is 1. The van der Waals surface area contributed by atoms with Gasteiger partial charge in [-0.15, -0.1) is 0 Å². The van der Waals surface area contributed by atoms with Gasteiger partial charge >= 0.3 is 0 Å². The molecule has 0 radical (unpaired) electrons. The summed E-state index contributed by atoms with van der Waals surface area (Å²) in [5.41, 5.74) is 1.13. The zero-order valence-corrected chi connectivity index (χ0v) is 17.1. The molecule has 2 aromatic carbocycles. The van der Waals surface area contributed by atoms with Crippen molar-refractivity contribution in [3.8, 4) is 0 Å². The number of benzene rings is 2. The predicted octanol–water partition coefficient (Wildman–Crippen LogP) is 2.26. The van der Waals surface area contributed by atoms with Gasteiger partial charge in [-0.25, -0.2) is 8.42 Å². The molecule has 0 saturated carbocycles. The molecular weight excluding hydrogens is 374 g/mol. The molecule has 0 aliphatic carbocycles. The maximum absolute atomic E-state index is 12.8. The van der Waals surface area contributed by atoms with Crippen LogP contribution in [-0.2, 0) is 14.8 Å². The number of hydrogen-bond donors (Lipinski definition) is 1. The third-order valence-corrected chi connectivity index (χ3v) is 7.01. The van der Waals surface area contributed by atoms with Gasteiger partial charge in [-0.05, 0) is 31.5 Å². The monoisotopic (exact) mass is 401 g/mol. The van der Waals surface area contributed by atoms with Gasteiger partial charge in [0, 0.05) is 32.2 Å². The van der Waals surface area contributed by atoms with Gasteiger partial charge in [0.25, 0.3) is 0 Å². The lowest BCUT2D eigenvalue weighted by Gasteiger charge is -2.35. The number of nitrogens with zero attached hydrogens (tertiary/aromatic N) is 2. The minimum Gasteiger partial charge on any atom is -0.339 e. The van der Waals surface area contributed by atoms with Crippen molar-refractivity contribution >= 4 is 15.9 Å². The van der Waals surface area contributed by atoms with Crippen LogP contribution in [-0.4, -0.2) is 55.8 Å². The average Bonchev–Trinajstić information content (AvgIpc) is 2.74. The lowest BCUT2D eigenvalue weighted by atomic mass is 10.1. The molecule has 1 amide bonds. The van der Waals surface area contributed by atoms with Crippen LogP contribution in [0.5, 0.6) is 0 Å². The first-order valence-corrected chi connectivity index (χ1v) is 11.0. The van der Waals surface area contributed by atoms with E-state index in [0.29, 0.717) is 31.1 Å². The van der Waals surface area contributed by atoms with E-state index >= 15 is 0 Å². The van der Waals surface area contributed by atoms with E-state index in [1.165, 1.54) is 4.31 Å². The Labute approximate surface area is 167 Å². The van der Waals surface area contributed by atoms with Crippen LogP contribution in [0.25, 0.3) is 0 Å². The smallest absolute Gasteiger partial charge is 0.243 e. The Morgan fingerprint density at radius 3 is 2.00 bits per heavy atom. The quantitative estimate of drug-likeness (QED) is 0.806. The summed E-state index contributed by atoms with van der Waals surface area (Å²) in [6.45, 7) is 5.31. The van der Waals surface area contributed by atoms with E-state index in [0.717, 1.165) is 5.56 Å². The highest BCUT2D eigenvalue weighted by molar-refractivity contribution is 7.89. The topological polar surface area (TPSA) is 69.7 Å². The first-order chi connectivity index (χ1) is 13.4. The lowest BCUT2D eigenvalue weighted by molar-refractivity contribution is -0.134. The van der Waals surface area contributed by atoms with Crippen molar-refractivity contribution < 1.29 is 13.2 Å². The number of rotatable bonds is 6. The maximum Gasteiger partial charge on any atom is 0.243 e. The van der Waals surface area contributed by atoms with E-state index < -0.39 is 10.0 Å². The van der Waals surface area contributed by atoms with E-state index in [1.54, 1.807) is 35.2 Å². The van der Waals surface area contributed by atoms with E-state index in [4.69, 9.17) is 0 Å². The van der Waals surface area contributed by atoms with Crippen molar-refractivity contribution in [3.63, 3.8) is 0 Å². The summed E-state index contributed by atoms with van der Waals surface area (Å²) in [5.74, 6) is -0.000426. The minimum absolute atomic E-state index is 0.000426. The van der Waals surface area contributed by atoms with E-state index in [1.807, 2.05) is 44.2 Å². The molecule has 1 saturated heterocycles. The molecule has 3 rings (SSSR count). The summed E-state index contributed by atoms with van der Waals surface area (Å²) in [4.78, 5) is 14.8. The van der Waals surface area contributed by atoms with E-state index in [-0.39, 0.29) is 18.0 Å². The summed E-state index contributed by atoms with van der Waals surface area (Å²) < 4.78 is 26.9. The number of hydrogen-bond acceptors (Lipinski definition) is 4. The van der Waals surface area contributed by atoms with Crippen LogP contribution in [0.1, 0.15) is 25.5 Å². The van der Waals surface area contributed by atoms with Crippen molar-refractivity contribution in [3.05, 3.63) is 66.2 Å². The number of sulfonamides is 1. The van der Waals surface area contributed by atoms with Gasteiger partial charge in [0.15, 0.2) is 0 Å². The molecule has 150 valence electrons. The second kappa shape index (κ2) is 8.86. The molecule has 2 aromatic rings. The molecule has 0 bridgehead atoms. The van der Waals surface area contributed by atoms with E-state index in [2.05, 4.69) is 5.32 Å². The second-order valence-electron chi connectivity index (χ2n) is 7.06. The molecule has 0 spiro atoms. The SMILES string of the molecule is C[C@@H](N[C@H](C)c1ccccc1)C(=O)N1CCN(S(=O)(=O)c2ccccc2)CC1. The van der Waals surface area contributed by atoms with Crippen LogP contribution in [0.3, 0.4) is 0 Å². The number of carbonyl (C=O) groups excluding carboxylic acids is 1. The third-order valence-electron chi connectivity index (χ3n) is 5.10. The molecule has 7 heteroatoms. The summed E-state index contributed by atoms with van der Waals surface area (Å²) in [6.07, 6.45) is 0. The highest BCUT2D eigenvalue weighted by Gasteiger charge is 2.31. The summed E-state index contributed by atoms with van der Waals surface area (Å²) >= 11 is 0. The zero-order chi connectivity index (χ0) is 20.1. The highest BCUT2D eigenvalue weighted by atomic mass is 32.2. The average molecular weight is 402 g/mol. The van der Waals surface area contributed by atoms with Crippen LogP contribution in [0.2, 0.25) is 0 Å². The molecule has 0 unspecified atom stereocenters. The van der Waals surface area contributed by atoms with Gasteiger partial charge in [0.2, 0.25) is 15.9 Å². The molecule has 1 aliphatic heterocycles. The number of piperazine rings is 1. The van der Waals surface area contributed by atoms with Crippen molar-refractivity contribution in [1.82, 2.24) is 14.5 Å². The fraction of sp³-hybridized carbons (Fsp3) is 0.381. The summed E-state index contributed by atoms with van der Waals surface area (Å²) in [7, 11) is -3.51. The molecule has 1 heterocycles. The van der Waals surface area contributed by atoms with Gasteiger partial charge in [-0.1, -0.05) is 48.5 Å². The standard InChI is InChI=1S/C21H27N3O3S/c1-17(19-9-5-3-6-10-19)22-18(2)21(25)23-13-15-24(16-14-23)28(26,27)20-11-7-4-8-12-20/h3-12,17-18,22H,13-16H2,1-2H3/t17-,18-/m1/s1. The summed E-state index contributed by atoms with van der Waals surface area (Å²) in [5, 5.41) is 3.34. The Morgan fingerprint density at radius 1 is 0.893 bits per heavy atom. The molecule has 2 atom stereocenters. The van der Waals surface area contributed by atoms with Gasteiger partial charge in [0.1, 0.15) is 0 Å². The maximum atomic E-state index is 12.8. The number of carbonyl (C=O) groups is 1. The van der Waals surface area contributed by atoms with Crippen LogP contribution in [0.15, 0.2) is 65.6 Å². The Bertz CT molecular complexity index is 880. The van der Waals surface area contributed by atoms with Crippen LogP contribution < -0.4 is 5.32 Å². The van der Waals surface area contributed by atoms with Crippen LogP contribution in [0, 0.1) is 0 Å². The molecule has 1 aliphatic rings. The van der Waals surface area contributed by atoms with Gasteiger partial charge in [0.05, 0.1) is 10.9 Å². The highest BCUT2D eigenvalue weighted by Crippen LogP contribution is 2.18. The van der Waals surface area contributed by atoms with Crippen molar-refractivity contribution in [1.29, 1.82) is 0 Å². The largest absolute Gasteiger partial charge is 0.339 e. The Balaban J connectivity index is 1.56. The lowest BCUT2D eigenvalue weighted by Crippen LogP contribution is -2.54. The fourth-order valence-electron chi connectivity index (χ4n) is 3.45. The molecule has 1 fully saturated rings. The molecule has 1 N–H and O–H groups in total. The first kappa shape index (κ1) is 20.5. The Morgan fingerprint density at radius 2 is 1.43 bits per heavy atom. The molecule has 0 aromatic heterocycles. The zero-order valence-electron chi connectivity index (χ0n) is 16.3. The molecule has 6 nitrogen and oxygen atoms in total. The van der Waals surface area contributed by atoms with Gasteiger partial charge in [-0.2, -0.15) is 4.31 Å². The van der Waals surface area contributed by atoms with Crippen molar-refractivity contribution in [2.45, 2.75) is 30.8 Å². The van der Waals surface area contributed by atoms with Gasteiger partial charge in [-0.3, -0.25) is 10.1 Å². The third kappa shape index (κ3) is 4.60. The first-order valence-electron chi connectivity index (χ1n) is 9.54. The summed E-state index contributed by atoms with van der Waals surface area (Å²) in [6, 6.07) is 18.1. The number of amides is 1. The predicted molar refractivity (Wildman–Crippen MR) is 109 cm³/mol. The van der Waals surface area contributed by atoms with Crippen molar-refractivity contribution in [2.24, 2.45) is 0 Å².